The van der Waals surface area contributed by atoms with Gasteiger partial charge in [-0.25, -0.2) is 4.79 Å². The summed E-state index contributed by atoms with van der Waals surface area (Å²) in [6, 6.07) is 0. The van der Waals surface area contributed by atoms with Gasteiger partial charge in [-0.3, -0.25) is 0 Å². The Morgan fingerprint density at radius 1 is 1.62 bits per heavy atom. The Labute approximate surface area is 74.5 Å². The summed E-state index contributed by atoms with van der Waals surface area (Å²) < 4.78 is 11.4. The second-order valence-corrected chi connectivity index (χ2v) is 2.64. The van der Waals surface area contributed by atoms with Crippen LogP contribution in [0.3, 0.4) is 0 Å². The Bertz CT molecular complexity index is 334. The zero-order chi connectivity index (χ0) is 9.26. The molecule has 0 saturated heterocycles. The Kier molecular flexibility index (Phi) is 1.97. The summed E-state index contributed by atoms with van der Waals surface area (Å²) >= 11 is 0. The number of hydrogen-bond donors (Lipinski definition) is 0. The average molecular weight is 183 g/mol. The van der Waals surface area contributed by atoms with Gasteiger partial charge in [0.25, 0.3) is 0 Å². The van der Waals surface area contributed by atoms with Crippen LogP contribution in [0.25, 0.3) is 0 Å². The van der Waals surface area contributed by atoms with Crippen LogP contribution in [0.4, 0.5) is 0 Å². The predicted octanol–water partition coefficient (Wildman–Crippen LogP) is -0.405. The molecule has 0 spiro atoms. The van der Waals surface area contributed by atoms with Crippen molar-refractivity contribution in [1.29, 1.82) is 0 Å². The summed E-state index contributed by atoms with van der Waals surface area (Å²) in [4.78, 5) is 11.2. The molecule has 1 aromatic heterocycles. The summed E-state index contributed by atoms with van der Waals surface area (Å²) in [5, 5.41) is 7.54. The van der Waals surface area contributed by atoms with Crippen molar-refractivity contribution < 1.29 is 14.3 Å². The number of aromatic nitrogens is 3. The van der Waals surface area contributed by atoms with E-state index >= 15 is 0 Å². The smallest absolute Gasteiger partial charge is 0.376 e. The first-order chi connectivity index (χ1) is 6.33. The summed E-state index contributed by atoms with van der Waals surface area (Å²) in [7, 11) is 1.32. The van der Waals surface area contributed by atoms with E-state index in [0.717, 1.165) is 0 Å². The number of methoxy groups -OCH3 is 1. The molecule has 0 aromatic carbocycles. The maximum atomic E-state index is 11.2. The Hall–Kier alpha value is -1.43. The summed E-state index contributed by atoms with van der Waals surface area (Å²) in [5.41, 5.74) is 0. The average Bonchev–Trinajstić information content (AvgIpc) is 2.60. The highest BCUT2D eigenvalue weighted by Gasteiger charge is 2.21. The molecular formula is C7H9N3O3. The molecule has 0 radical (unpaired) electrons. The Morgan fingerprint density at radius 3 is 3.23 bits per heavy atom. The number of nitrogens with zero attached hydrogens (tertiary/aromatic N) is 3. The number of fused-ring (bicyclic) bond motifs is 1. The highest BCUT2D eigenvalue weighted by molar-refractivity contribution is 5.85. The van der Waals surface area contributed by atoms with E-state index in [1.807, 2.05) is 0 Å². The standard InChI is InChI=1S/C7H9N3O3/c1-12-7(11)6-9-8-5-4-13-3-2-10(5)6/h2-4H2,1H3. The van der Waals surface area contributed by atoms with E-state index in [0.29, 0.717) is 25.6 Å². The largest absolute Gasteiger partial charge is 0.463 e. The van der Waals surface area contributed by atoms with Gasteiger partial charge >= 0.3 is 5.97 Å². The maximum absolute atomic E-state index is 11.2. The fraction of sp³-hybridized carbons (Fsp3) is 0.571. The van der Waals surface area contributed by atoms with Crippen molar-refractivity contribution in [2.24, 2.45) is 0 Å². The maximum Gasteiger partial charge on any atom is 0.376 e. The highest BCUT2D eigenvalue weighted by Crippen LogP contribution is 2.09. The molecule has 0 atom stereocenters. The first kappa shape index (κ1) is 8.18. The number of carbonyl (C=O) groups excluding carboxylic acids is 1. The fourth-order valence-corrected chi connectivity index (χ4v) is 1.24. The number of carbonyl (C=O) groups is 1. The third kappa shape index (κ3) is 1.29. The van der Waals surface area contributed by atoms with E-state index in [1.54, 1.807) is 4.57 Å². The van der Waals surface area contributed by atoms with Crippen molar-refractivity contribution in [2.45, 2.75) is 13.2 Å². The molecule has 13 heavy (non-hydrogen) atoms. The molecular weight excluding hydrogens is 174 g/mol. The van der Waals surface area contributed by atoms with Gasteiger partial charge in [0.2, 0.25) is 5.82 Å². The third-order valence-corrected chi connectivity index (χ3v) is 1.89. The van der Waals surface area contributed by atoms with Crippen molar-refractivity contribution >= 4 is 5.97 Å². The second kappa shape index (κ2) is 3.14. The van der Waals surface area contributed by atoms with E-state index in [1.165, 1.54) is 7.11 Å². The SMILES string of the molecule is COC(=O)c1nnc2n1CCOC2. The van der Waals surface area contributed by atoms with E-state index in [9.17, 15) is 4.79 Å². The summed E-state index contributed by atoms with van der Waals surface area (Å²) in [6.45, 7) is 1.59. The molecule has 0 unspecified atom stereocenters. The monoisotopic (exact) mass is 183 g/mol. The normalized spacial score (nSPS) is 15.2. The van der Waals surface area contributed by atoms with E-state index in [2.05, 4.69) is 14.9 Å². The number of ether oxygens (including phenoxy) is 2. The van der Waals surface area contributed by atoms with Crippen LogP contribution in [-0.2, 0) is 22.6 Å². The fourth-order valence-electron chi connectivity index (χ4n) is 1.24. The van der Waals surface area contributed by atoms with Gasteiger partial charge in [0.05, 0.1) is 13.7 Å². The molecule has 1 aromatic rings. The quantitative estimate of drug-likeness (QED) is 0.554. The molecule has 0 N–H and O–H groups in total. The number of hydrogen-bond acceptors (Lipinski definition) is 5. The zero-order valence-corrected chi connectivity index (χ0v) is 7.19. The van der Waals surface area contributed by atoms with Crippen molar-refractivity contribution in [3.63, 3.8) is 0 Å². The van der Waals surface area contributed by atoms with Gasteiger partial charge in [0.1, 0.15) is 6.61 Å². The molecule has 1 aliphatic rings. The van der Waals surface area contributed by atoms with Gasteiger partial charge in [0, 0.05) is 6.54 Å². The molecule has 70 valence electrons. The predicted molar refractivity (Wildman–Crippen MR) is 41.0 cm³/mol. The van der Waals surface area contributed by atoms with Crippen LogP contribution >= 0.6 is 0 Å². The molecule has 1 aliphatic heterocycles. The van der Waals surface area contributed by atoms with Crippen molar-refractivity contribution in [3.8, 4) is 0 Å². The van der Waals surface area contributed by atoms with Gasteiger partial charge in [0.15, 0.2) is 5.82 Å². The molecule has 0 aliphatic carbocycles. The molecule has 2 heterocycles. The summed E-state index contributed by atoms with van der Waals surface area (Å²) in [5.74, 6) is 0.466. The molecule has 6 nitrogen and oxygen atoms in total. The number of rotatable bonds is 1. The first-order valence-corrected chi connectivity index (χ1v) is 3.91. The van der Waals surface area contributed by atoms with Gasteiger partial charge < -0.3 is 14.0 Å². The van der Waals surface area contributed by atoms with Gasteiger partial charge in [-0.1, -0.05) is 0 Å². The molecule has 0 bridgehead atoms. The third-order valence-electron chi connectivity index (χ3n) is 1.89. The van der Waals surface area contributed by atoms with Crippen LogP contribution < -0.4 is 0 Å². The second-order valence-electron chi connectivity index (χ2n) is 2.64. The van der Waals surface area contributed by atoms with Gasteiger partial charge in [-0.15, -0.1) is 10.2 Å². The van der Waals surface area contributed by atoms with Crippen LogP contribution in [0.1, 0.15) is 16.4 Å². The zero-order valence-electron chi connectivity index (χ0n) is 7.19. The lowest BCUT2D eigenvalue weighted by atomic mass is 10.4. The van der Waals surface area contributed by atoms with E-state index < -0.39 is 5.97 Å². The highest BCUT2D eigenvalue weighted by atomic mass is 16.5. The van der Waals surface area contributed by atoms with E-state index in [4.69, 9.17) is 4.74 Å². The van der Waals surface area contributed by atoms with Crippen LogP contribution in [-0.4, -0.2) is 34.5 Å². The Balaban J connectivity index is 2.36. The minimum atomic E-state index is -0.458. The van der Waals surface area contributed by atoms with Crippen LogP contribution in [0.2, 0.25) is 0 Å². The van der Waals surface area contributed by atoms with Crippen LogP contribution in [0.15, 0.2) is 0 Å². The Morgan fingerprint density at radius 2 is 2.46 bits per heavy atom. The van der Waals surface area contributed by atoms with Crippen LogP contribution in [0, 0.1) is 0 Å². The minimum absolute atomic E-state index is 0.251. The van der Waals surface area contributed by atoms with Gasteiger partial charge in [-0.05, 0) is 0 Å². The molecule has 6 heteroatoms. The molecule has 0 amide bonds. The number of esters is 1. The molecule has 2 rings (SSSR count). The minimum Gasteiger partial charge on any atom is -0.463 e. The summed E-state index contributed by atoms with van der Waals surface area (Å²) in [6.07, 6.45) is 0. The van der Waals surface area contributed by atoms with Gasteiger partial charge in [-0.2, -0.15) is 0 Å². The lowest BCUT2D eigenvalue weighted by Gasteiger charge is -2.14. The lowest BCUT2D eigenvalue weighted by molar-refractivity contribution is 0.0552. The topological polar surface area (TPSA) is 66.2 Å². The van der Waals surface area contributed by atoms with Crippen molar-refractivity contribution in [2.75, 3.05) is 13.7 Å². The van der Waals surface area contributed by atoms with Crippen molar-refractivity contribution in [1.82, 2.24) is 14.8 Å². The first-order valence-electron chi connectivity index (χ1n) is 3.91. The van der Waals surface area contributed by atoms with Crippen molar-refractivity contribution in [3.05, 3.63) is 11.6 Å². The molecule has 0 saturated carbocycles. The lowest BCUT2D eigenvalue weighted by Crippen LogP contribution is -2.21. The van der Waals surface area contributed by atoms with Crippen LogP contribution in [0.5, 0.6) is 0 Å². The molecule has 0 fully saturated rings. The van der Waals surface area contributed by atoms with E-state index in [-0.39, 0.29) is 5.82 Å².